The van der Waals surface area contributed by atoms with Gasteiger partial charge < -0.3 is 10.4 Å². The molecule has 0 saturated heterocycles. The average Bonchev–Trinajstić information content (AvgIpc) is 2.98. The van der Waals surface area contributed by atoms with E-state index in [0.29, 0.717) is 18.1 Å². The van der Waals surface area contributed by atoms with E-state index in [2.05, 4.69) is 5.32 Å². The second-order valence-corrected chi connectivity index (χ2v) is 6.93. The molecule has 2 bridgehead atoms. The molecule has 0 aliphatic heterocycles. The third kappa shape index (κ3) is 2.88. The molecule has 2 aliphatic carbocycles. The van der Waals surface area contributed by atoms with Gasteiger partial charge in [0.25, 0.3) is 0 Å². The highest BCUT2D eigenvalue weighted by atomic mass is 32.2. The quantitative estimate of drug-likeness (QED) is 0.692. The van der Waals surface area contributed by atoms with Gasteiger partial charge in [0, 0.05) is 28.9 Å². The monoisotopic (exact) mass is 285 g/mol. The summed E-state index contributed by atoms with van der Waals surface area (Å²) in [5.74, 6) is -1.15. The molecule has 3 unspecified atom stereocenters. The maximum absolute atomic E-state index is 12.1. The smallest absolute Gasteiger partial charge is 0.307 e. The molecule has 1 fully saturated rings. The van der Waals surface area contributed by atoms with Gasteiger partial charge in [0.15, 0.2) is 0 Å². The standard InChI is InChI=1S/C13H19NO4S/c1-2-19(18)6-5-14-12(15)10-8-3-4-9(7-8)11(10)13(16)17/h3-4,8-11H,2,5-7H2,1H3,(H,14,15)(H,16,17)/t8?,9?,10-,11+,19?/m0/s1. The summed E-state index contributed by atoms with van der Waals surface area (Å²) >= 11 is 0. The van der Waals surface area contributed by atoms with Crippen molar-refractivity contribution in [2.24, 2.45) is 23.7 Å². The Morgan fingerprint density at radius 1 is 1.32 bits per heavy atom. The van der Waals surface area contributed by atoms with Crippen molar-refractivity contribution in [2.45, 2.75) is 13.3 Å². The number of rotatable bonds is 6. The van der Waals surface area contributed by atoms with Gasteiger partial charge in [-0.1, -0.05) is 19.1 Å². The summed E-state index contributed by atoms with van der Waals surface area (Å²) < 4.78 is 11.3. The third-order valence-corrected chi connectivity index (χ3v) is 5.30. The number of hydrogen-bond donors (Lipinski definition) is 2. The highest BCUT2D eigenvalue weighted by Crippen LogP contribution is 2.48. The van der Waals surface area contributed by atoms with Crippen LogP contribution in [0.1, 0.15) is 13.3 Å². The van der Waals surface area contributed by atoms with Crippen LogP contribution in [-0.2, 0) is 20.4 Å². The summed E-state index contributed by atoms with van der Waals surface area (Å²) in [6, 6.07) is 0. The van der Waals surface area contributed by atoms with E-state index < -0.39 is 28.6 Å². The molecule has 1 saturated carbocycles. The SMILES string of the molecule is CCS(=O)CCNC(=O)[C@H]1C2C=CC(C2)[C@H]1C(=O)O. The summed E-state index contributed by atoms with van der Waals surface area (Å²) in [5, 5.41) is 12.0. The van der Waals surface area contributed by atoms with E-state index in [9.17, 15) is 18.9 Å². The minimum Gasteiger partial charge on any atom is -0.481 e. The fourth-order valence-electron chi connectivity index (χ4n) is 3.07. The van der Waals surface area contributed by atoms with Crippen LogP contribution in [0.3, 0.4) is 0 Å². The highest BCUT2D eigenvalue weighted by Gasteiger charge is 2.51. The molecule has 0 spiro atoms. The molecule has 6 heteroatoms. The third-order valence-electron chi connectivity index (χ3n) is 4.00. The van der Waals surface area contributed by atoms with Crippen molar-refractivity contribution in [3.63, 3.8) is 0 Å². The molecule has 106 valence electrons. The van der Waals surface area contributed by atoms with Crippen LogP contribution in [0.2, 0.25) is 0 Å². The van der Waals surface area contributed by atoms with Crippen LogP contribution in [-0.4, -0.2) is 39.2 Å². The minimum atomic E-state index is -0.909. The van der Waals surface area contributed by atoms with Gasteiger partial charge in [0.05, 0.1) is 11.8 Å². The Hall–Kier alpha value is -1.17. The zero-order valence-electron chi connectivity index (χ0n) is 10.9. The Bertz CT molecular complexity index is 434. The molecule has 1 amide bonds. The normalized spacial score (nSPS) is 33.3. The molecule has 5 atom stereocenters. The van der Waals surface area contributed by atoms with Gasteiger partial charge in [-0.05, 0) is 18.3 Å². The second-order valence-electron chi connectivity index (χ2n) is 5.06. The number of carbonyl (C=O) groups excluding carboxylic acids is 1. The van der Waals surface area contributed by atoms with Crippen LogP contribution in [0.4, 0.5) is 0 Å². The predicted octanol–water partition coefficient (Wildman–Crippen LogP) is 0.394. The Kier molecular flexibility index (Phi) is 4.39. The molecule has 2 rings (SSSR count). The lowest BCUT2D eigenvalue weighted by atomic mass is 9.82. The molecule has 0 radical (unpaired) electrons. The number of carboxylic acid groups (broad SMARTS) is 1. The lowest BCUT2D eigenvalue weighted by molar-refractivity contribution is -0.147. The Morgan fingerprint density at radius 2 is 1.95 bits per heavy atom. The highest BCUT2D eigenvalue weighted by molar-refractivity contribution is 7.84. The second kappa shape index (κ2) is 5.86. The summed E-state index contributed by atoms with van der Waals surface area (Å²) in [5.41, 5.74) is 0. The van der Waals surface area contributed by atoms with Crippen molar-refractivity contribution >= 4 is 22.7 Å². The molecule has 2 N–H and O–H groups in total. The number of amides is 1. The van der Waals surface area contributed by atoms with E-state index in [1.54, 1.807) is 0 Å². The van der Waals surface area contributed by atoms with E-state index >= 15 is 0 Å². The van der Waals surface area contributed by atoms with Gasteiger partial charge in [-0.15, -0.1) is 0 Å². The van der Waals surface area contributed by atoms with Crippen molar-refractivity contribution in [1.29, 1.82) is 0 Å². The number of carbonyl (C=O) groups is 2. The first kappa shape index (κ1) is 14.2. The van der Waals surface area contributed by atoms with Crippen LogP contribution in [0.5, 0.6) is 0 Å². The minimum absolute atomic E-state index is 0.0111. The largest absolute Gasteiger partial charge is 0.481 e. The van der Waals surface area contributed by atoms with E-state index in [0.717, 1.165) is 6.42 Å². The van der Waals surface area contributed by atoms with Crippen molar-refractivity contribution in [1.82, 2.24) is 5.32 Å². The van der Waals surface area contributed by atoms with Gasteiger partial charge in [0.2, 0.25) is 5.91 Å². The maximum Gasteiger partial charge on any atom is 0.307 e. The Balaban J connectivity index is 1.93. The van der Waals surface area contributed by atoms with E-state index in [-0.39, 0.29) is 17.7 Å². The first-order valence-electron chi connectivity index (χ1n) is 6.58. The molecule has 0 heterocycles. The molecule has 0 aromatic rings. The summed E-state index contributed by atoms with van der Waals surface area (Å²) in [7, 11) is -0.909. The van der Waals surface area contributed by atoms with E-state index in [4.69, 9.17) is 0 Å². The van der Waals surface area contributed by atoms with Crippen LogP contribution in [0.15, 0.2) is 12.2 Å². The average molecular weight is 285 g/mol. The number of aliphatic carboxylic acids is 1. The summed E-state index contributed by atoms with van der Waals surface area (Å²) in [6.07, 6.45) is 4.63. The van der Waals surface area contributed by atoms with Crippen LogP contribution in [0.25, 0.3) is 0 Å². The van der Waals surface area contributed by atoms with Crippen molar-refractivity contribution in [2.75, 3.05) is 18.1 Å². The molecule has 0 aromatic heterocycles. The fraction of sp³-hybridized carbons (Fsp3) is 0.692. The van der Waals surface area contributed by atoms with Gasteiger partial charge in [-0.25, -0.2) is 0 Å². The van der Waals surface area contributed by atoms with Crippen LogP contribution < -0.4 is 5.32 Å². The number of nitrogens with one attached hydrogen (secondary N) is 1. The van der Waals surface area contributed by atoms with Gasteiger partial charge in [-0.2, -0.15) is 0 Å². The topological polar surface area (TPSA) is 83.5 Å². The zero-order valence-corrected chi connectivity index (χ0v) is 11.7. The molecule has 0 aromatic carbocycles. The van der Waals surface area contributed by atoms with E-state index in [1.165, 1.54) is 0 Å². The number of fused-ring (bicyclic) bond motifs is 2. The summed E-state index contributed by atoms with van der Waals surface area (Å²) in [6.45, 7) is 2.18. The summed E-state index contributed by atoms with van der Waals surface area (Å²) in [4.78, 5) is 23.4. The van der Waals surface area contributed by atoms with Gasteiger partial charge in [0.1, 0.15) is 0 Å². The molecule has 19 heavy (non-hydrogen) atoms. The molecule has 2 aliphatic rings. The lowest BCUT2D eigenvalue weighted by Gasteiger charge is -2.23. The number of carboxylic acids is 1. The van der Waals surface area contributed by atoms with E-state index in [1.807, 2.05) is 19.1 Å². The lowest BCUT2D eigenvalue weighted by Crippen LogP contribution is -2.41. The maximum atomic E-state index is 12.1. The van der Waals surface area contributed by atoms with Crippen molar-refractivity contribution in [3.05, 3.63) is 12.2 Å². The molecular weight excluding hydrogens is 266 g/mol. The van der Waals surface area contributed by atoms with Crippen LogP contribution in [0, 0.1) is 23.7 Å². The molecular formula is C13H19NO4S. The Labute approximate surface area is 114 Å². The van der Waals surface area contributed by atoms with Crippen molar-refractivity contribution < 1.29 is 18.9 Å². The first-order valence-corrected chi connectivity index (χ1v) is 8.07. The first-order chi connectivity index (χ1) is 9.04. The fourth-order valence-corrected chi connectivity index (χ4v) is 3.69. The van der Waals surface area contributed by atoms with Gasteiger partial charge in [-0.3, -0.25) is 13.8 Å². The zero-order chi connectivity index (χ0) is 14.0. The van der Waals surface area contributed by atoms with Crippen molar-refractivity contribution in [3.8, 4) is 0 Å². The predicted molar refractivity (Wildman–Crippen MR) is 71.9 cm³/mol. The number of allylic oxidation sites excluding steroid dienone is 2. The molecule has 5 nitrogen and oxygen atoms in total. The Morgan fingerprint density at radius 3 is 2.53 bits per heavy atom. The number of hydrogen-bond acceptors (Lipinski definition) is 3. The van der Waals surface area contributed by atoms with Crippen LogP contribution >= 0.6 is 0 Å². The van der Waals surface area contributed by atoms with Gasteiger partial charge >= 0.3 is 5.97 Å².